The van der Waals surface area contributed by atoms with Crippen molar-refractivity contribution in [3.05, 3.63) is 22.7 Å². The third kappa shape index (κ3) is 2.33. The molecular weight excluding hydrogens is 340 g/mol. The van der Waals surface area contributed by atoms with E-state index in [2.05, 4.69) is 22.0 Å². The minimum Gasteiger partial charge on any atom is -0.492 e. The number of nitrogens with one attached hydrogen (secondary N) is 1. The van der Waals surface area contributed by atoms with Crippen LogP contribution in [-0.4, -0.2) is 15.6 Å². The zero-order valence-corrected chi connectivity index (χ0v) is 13.3. The molecule has 0 saturated heterocycles. The van der Waals surface area contributed by atoms with Gasteiger partial charge in [0, 0.05) is 0 Å². The van der Waals surface area contributed by atoms with Crippen LogP contribution in [0.4, 0.5) is 0 Å². The van der Waals surface area contributed by atoms with Gasteiger partial charge >= 0.3 is 0 Å². The zero-order chi connectivity index (χ0) is 14.4. The Morgan fingerprint density at radius 1 is 1.50 bits per heavy atom. The van der Waals surface area contributed by atoms with Gasteiger partial charge in [-0.3, -0.25) is 0 Å². The van der Waals surface area contributed by atoms with Crippen molar-refractivity contribution in [1.29, 1.82) is 10.0 Å². The first-order valence-electron chi connectivity index (χ1n) is 6.60. The zero-order valence-electron chi connectivity index (χ0n) is 10.9. The lowest BCUT2D eigenvalue weighted by molar-refractivity contribution is 0.298. The molecule has 6 heteroatoms. The van der Waals surface area contributed by atoms with Gasteiger partial charge < -0.3 is 4.74 Å². The van der Waals surface area contributed by atoms with Crippen molar-refractivity contribution in [3.8, 4) is 11.8 Å². The average molecular weight is 355 g/mol. The van der Waals surface area contributed by atoms with E-state index in [0.29, 0.717) is 40.5 Å². The number of hydrogen-bond donors (Lipinski definition) is 1. The minimum absolute atomic E-state index is 0.405. The summed E-state index contributed by atoms with van der Waals surface area (Å²) in [5.41, 5.74) is 0. The lowest BCUT2D eigenvalue weighted by Crippen LogP contribution is -2.19. The summed E-state index contributed by atoms with van der Waals surface area (Å²) in [6.45, 7) is 0.705. The molecule has 0 heterocycles. The van der Waals surface area contributed by atoms with Crippen molar-refractivity contribution in [2.24, 2.45) is 5.92 Å². The quantitative estimate of drug-likeness (QED) is 0.875. The van der Waals surface area contributed by atoms with E-state index in [1.807, 2.05) is 0 Å². The molecule has 0 aromatic heterocycles. The van der Waals surface area contributed by atoms with Gasteiger partial charge in [-0.25, -0.2) is 8.99 Å². The molecule has 3 rings (SSSR count). The smallest absolute Gasteiger partial charge is 0.144 e. The normalized spacial score (nSPS) is 22.6. The Bertz CT molecular complexity index is 686. The van der Waals surface area contributed by atoms with Crippen LogP contribution in [0.1, 0.15) is 25.7 Å². The van der Waals surface area contributed by atoms with Crippen LogP contribution in [0.25, 0.3) is 0 Å². The Kier molecular flexibility index (Phi) is 3.30. The molecule has 1 aromatic rings. The Hall–Kier alpha value is -1.06. The predicted molar refractivity (Wildman–Crippen MR) is 79.1 cm³/mol. The SMILES string of the molecule is N#CC1(S(=N)(=O)c2ccc(OCC3CC3)c(Br)c2)CC1. The molecule has 0 spiro atoms. The molecule has 0 amide bonds. The van der Waals surface area contributed by atoms with Crippen molar-refractivity contribution >= 4 is 25.7 Å². The summed E-state index contributed by atoms with van der Waals surface area (Å²) in [5.74, 6) is 1.37. The summed E-state index contributed by atoms with van der Waals surface area (Å²) in [7, 11) is -3.08. The van der Waals surface area contributed by atoms with Gasteiger partial charge in [-0.1, -0.05) is 0 Å². The van der Waals surface area contributed by atoms with Crippen molar-refractivity contribution in [2.45, 2.75) is 35.3 Å². The van der Waals surface area contributed by atoms with Gasteiger partial charge in [0.25, 0.3) is 0 Å². The second-order valence-corrected chi connectivity index (χ2v) is 8.73. The van der Waals surface area contributed by atoms with Crippen LogP contribution in [0.15, 0.2) is 27.6 Å². The van der Waals surface area contributed by atoms with Crippen LogP contribution >= 0.6 is 15.9 Å². The van der Waals surface area contributed by atoms with Crippen LogP contribution in [0.2, 0.25) is 0 Å². The number of rotatable bonds is 5. The summed E-state index contributed by atoms with van der Waals surface area (Å²) >= 11 is 3.40. The molecular formula is C14H15BrN2O2S. The molecule has 2 aliphatic carbocycles. The topological polar surface area (TPSA) is 73.9 Å². The van der Waals surface area contributed by atoms with Crippen molar-refractivity contribution < 1.29 is 8.95 Å². The van der Waals surface area contributed by atoms with Crippen LogP contribution in [0.3, 0.4) is 0 Å². The van der Waals surface area contributed by atoms with Gasteiger partial charge in [-0.15, -0.1) is 0 Å². The molecule has 1 aromatic carbocycles. The Labute approximate surface area is 127 Å². The number of nitrogens with zero attached hydrogens (tertiary/aromatic N) is 1. The van der Waals surface area contributed by atoms with Crippen LogP contribution in [-0.2, 0) is 9.73 Å². The van der Waals surface area contributed by atoms with E-state index in [9.17, 15) is 4.21 Å². The number of hydrogen-bond acceptors (Lipinski definition) is 4. The standard InChI is InChI=1S/C14H15BrN2O2S/c15-12-7-11(20(17,18)14(9-16)5-6-14)3-4-13(12)19-8-10-1-2-10/h3-4,7,10,17H,1-2,5-6,8H2. The van der Waals surface area contributed by atoms with Gasteiger partial charge in [0.2, 0.25) is 0 Å². The van der Waals surface area contributed by atoms with Crippen molar-refractivity contribution in [1.82, 2.24) is 0 Å². The fraction of sp³-hybridized carbons (Fsp3) is 0.500. The van der Waals surface area contributed by atoms with Gasteiger partial charge in [0.05, 0.1) is 31.8 Å². The predicted octanol–water partition coefficient (Wildman–Crippen LogP) is 3.70. The van der Waals surface area contributed by atoms with Gasteiger partial charge in [-0.2, -0.15) is 5.26 Å². The van der Waals surface area contributed by atoms with Gasteiger partial charge in [-0.05, 0) is 65.7 Å². The third-order valence-electron chi connectivity index (χ3n) is 3.86. The third-order valence-corrected chi connectivity index (χ3v) is 7.00. The summed E-state index contributed by atoms with van der Waals surface area (Å²) < 4.78 is 26.2. The van der Waals surface area contributed by atoms with Crippen LogP contribution in [0.5, 0.6) is 5.75 Å². The Morgan fingerprint density at radius 2 is 2.20 bits per heavy atom. The molecule has 4 nitrogen and oxygen atoms in total. The molecule has 106 valence electrons. The summed E-state index contributed by atoms with van der Waals surface area (Å²) in [6.07, 6.45) is 3.54. The van der Waals surface area contributed by atoms with E-state index in [1.165, 1.54) is 12.8 Å². The van der Waals surface area contributed by atoms with E-state index < -0.39 is 14.5 Å². The lowest BCUT2D eigenvalue weighted by Gasteiger charge is -2.14. The van der Waals surface area contributed by atoms with Crippen molar-refractivity contribution in [3.63, 3.8) is 0 Å². The summed E-state index contributed by atoms with van der Waals surface area (Å²) in [5, 5.41) is 9.14. The maximum absolute atomic E-state index is 12.6. The monoisotopic (exact) mass is 354 g/mol. The average Bonchev–Trinajstić information content (AvgIpc) is 3.30. The van der Waals surface area contributed by atoms with E-state index in [1.54, 1.807) is 18.2 Å². The number of nitriles is 1. The Balaban J connectivity index is 1.84. The highest BCUT2D eigenvalue weighted by molar-refractivity contribution is 9.10. The fourth-order valence-corrected chi connectivity index (χ4v) is 4.52. The maximum Gasteiger partial charge on any atom is 0.144 e. The molecule has 0 radical (unpaired) electrons. The minimum atomic E-state index is -3.08. The Morgan fingerprint density at radius 3 is 2.70 bits per heavy atom. The molecule has 1 unspecified atom stereocenters. The second-order valence-electron chi connectivity index (χ2n) is 5.51. The molecule has 20 heavy (non-hydrogen) atoms. The van der Waals surface area contributed by atoms with E-state index >= 15 is 0 Å². The van der Waals surface area contributed by atoms with E-state index in [4.69, 9.17) is 14.8 Å². The summed E-state index contributed by atoms with van der Waals surface area (Å²) in [6, 6.07) is 7.12. The molecule has 1 N–H and O–H groups in total. The number of halogens is 1. The number of benzene rings is 1. The second kappa shape index (κ2) is 4.74. The van der Waals surface area contributed by atoms with Crippen LogP contribution < -0.4 is 4.74 Å². The highest BCUT2D eigenvalue weighted by atomic mass is 79.9. The molecule has 0 bridgehead atoms. The highest BCUT2D eigenvalue weighted by Gasteiger charge is 2.53. The highest BCUT2D eigenvalue weighted by Crippen LogP contribution is 2.47. The first-order chi connectivity index (χ1) is 9.48. The molecule has 2 aliphatic rings. The molecule has 0 aliphatic heterocycles. The largest absolute Gasteiger partial charge is 0.492 e. The van der Waals surface area contributed by atoms with E-state index in [-0.39, 0.29) is 0 Å². The first-order valence-corrected chi connectivity index (χ1v) is 8.96. The van der Waals surface area contributed by atoms with Crippen molar-refractivity contribution in [2.75, 3.05) is 6.61 Å². The number of ether oxygens (including phenoxy) is 1. The van der Waals surface area contributed by atoms with Gasteiger partial charge in [0.15, 0.2) is 0 Å². The maximum atomic E-state index is 12.6. The van der Waals surface area contributed by atoms with Gasteiger partial charge in [0.1, 0.15) is 10.5 Å². The van der Waals surface area contributed by atoms with Crippen LogP contribution in [0, 0.1) is 22.0 Å². The van der Waals surface area contributed by atoms with E-state index in [0.717, 1.165) is 0 Å². The fourth-order valence-electron chi connectivity index (χ4n) is 2.07. The molecule has 1 atom stereocenters. The molecule has 2 fully saturated rings. The lowest BCUT2D eigenvalue weighted by atomic mass is 10.3. The summed E-state index contributed by atoms with van der Waals surface area (Å²) in [4.78, 5) is 0.405. The molecule has 2 saturated carbocycles. The first kappa shape index (κ1) is 13.9.